The van der Waals surface area contributed by atoms with E-state index in [2.05, 4.69) is 10.9 Å². The van der Waals surface area contributed by atoms with Gasteiger partial charge in [-0.2, -0.15) is 0 Å². The maximum Gasteiger partial charge on any atom is 0.352 e. The Balaban J connectivity index is 2.26. The molecule has 0 aromatic heterocycles. The van der Waals surface area contributed by atoms with Crippen LogP contribution in [-0.4, -0.2) is 32.9 Å². The molecular formula is C7H7FN4O2S. The summed E-state index contributed by atoms with van der Waals surface area (Å²) in [6, 6.07) is 0. The Morgan fingerprint density at radius 3 is 3.00 bits per heavy atom. The lowest BCUT2D eigenvalue weighted by atomic mass is 10.3. The second kappa shape index (κ2) is 3.48. The number of carbonyl (C=O) groups is 1. The van der Waals surface area contributed by atoms with Crippen molar-refractivity contribution in [3.63, 3.8) is 0 Å². The van der Waals surface area contributed by atoms with Crippen molar-refractivity contribution in [3.8, 4) is 0 Å². The van der Waals surface area contributed by atoms with Gasteiger partial charge in [-0.3, -0.25) is 5.01 Å². The lowest BCUT2D eigenvalue weighted by Gasteiger charge is -2.26. The van der Waals surface area contributed by atoms with Crippen LogP contribution in [0.25, 0.3) is 0 Å². The molecular weight excluding hydrogens is 223 g/mol. The number of halogens is 1. The Hall–Kier alpha value is -1.67. The van der Waals surface area contributed by atoms with Crippen LogP contribution in [-0.2, 0) is 4.79 Å². The van der Waals surface area contributed by atoms with Gasteiger partial charge in [0.2, 0.25) is 0 Å². The molecule has 2 aliphatic heterocycles. The predicted octanol–water partition coefficient (Wildman–Crippen LogP) is -0.351. The van der Waals surface area contributed by atoms with Gasteiger partial charge >= 0.3 is 5.97 Å². The molecule has 0 aromatic rings. The second-order valence-corrected chi connectivity index (χ2v) is 3.28. The molecule has 0 spiro atoms. The Morgan fingerprint density at radius 2 is 2.40 bits per heavy atom. The van der Waals surface area contributed by atoms with Crippen LogP contribution in [0, 0.1) is 0 Å². The molecule has 6 nitrogen and oxygen atoms in total. The summed E-state index contributed by atoms with van der Waals surface area (Å²) in [5.74, 6) is -0.728. The highest BCUT2D eigenvalue weighted by Crippen LogP contribution is 2.16. The van der Waals surface area contributed by atoms with Gasteiger partial charge in [0, 0.05) is 6.08 Å². The molecule has 0 saturated carbocycles. The molecule has 80 valence electrons. The number of carboxylic acids is 1. The first-order chi connectivity index (χ1) is 7.11. The Morgan fingerprint density at radius 1 is 1.67 bits per heavy atom. The summed E-state index contributed by atoms with van der Waals surface area (Å²) < 4.78 is 12.3. The molecule has 0 aromatic carbocycles. The molecule has 0 unspecified atom stereocenters. The van der Waals surface area contributed by atoms with Gasteiger partial charge in [0.25, 0.3) is 0 Å². The number of hydrogen-bond acceptors (Lipinski definition) is 5. The van der Waals surface area contributed by atoms with E-state index in [0.29, 0.717) is 5.82 Å². The van der Waals surface area contributed by atoms with Gasteiger partial charge in [-0.25, -0.2) is 14.2 Å². The van der Waals surface area contributed by atoms with E-state index in [-0.39, 0.29) is 10.7 Å². The first-order valence-electron chi connectivity index (χ1n) is 3.98. The number of alkyl halides is 1. The molecule has 0 saturated heterocycles. The first kappa shape index (κ1) is 9.87. The summed E-state index contributed by atoms with van der Waals surface area (Å²) in [6.07, 6.45) is 2.67. The van der Waals surface area contributed by atoms with Crippen LogP contribution in [0.1, 0.15) is 0 Å². The van der Waals surface area contributed by atoms with Gasteiger partial charge < -0.3 is 10.4 Å². The van der Waals surface area contributed by atoms with Crippen molar-refractivity contribution in [3.05, 3.63) is 23.8 Å². The molecule has 0 atom stereocenters. The molecule has 0 bridgehead atoms. The molecule has 0 amide bonds. The molecule has 15 heavy (non-hydrogen) atoms. The number of nitrogens with one attached hydrogen (secondary N) is 2. The lowest BCUT2D eigenvalue weighted by Crippen LogP contribution is -2.47. The Labute approximate surface area is 89.6 Å². The van der Waals surface area contributed by atoms with Crippen molar-refractivity contribution < 1.29 is 14.3 Å². The number of thiocarbonyl (C=S) groups is 1. The minimum atomic E-state index is -1.11. The molecule has 2 rings (SSSR count). The van der Waals surface area contributed by atoms with E-state index in [1.165, 1.54) is 17.3 Å². The summed E-state index contributed by atoms with van der Waals surface area (Å²) >= 11 is 4.93. The minimum absolute atomic E-state index is 0.0370. The van der Waals surface area contributed by atoms with Gasteiger partial charge in [-0.1, -0.05) is 12.2 Å². The van der Waals surface area contributed by atoms with Gasteiger partial charge in [0.1, 0.15) is 16.5 Å². The predicted molar refractivity (Wildman–Crippen MR) is 52.3 cm³/mol. The zero-order chi connectivity index (χ0) is 11.0. The van der Waals surface area contributed by atoms with E-state index in [9.17, 15) is 9.18 Å². The number of carboxylic acid groups (broad SMARTS) is 1. The fourth-order valence-electron chi connectivity index (χ4n) is 1.21. The zero-order valence-electron chi connectivity index (χ0n) is 7.40. The molecule has 8 heteroatoms. The van der Waals surface area contributed by atoms with E-state index in [0.717, 1.165) is 5.01 Å². The quantitative estimate of drug-likeness (QED) is 0.442. The van der Waals surface area contributed by atoms with E-state index >= 15 is 0 Å². The average Bonchev–Trinajstić information content (AvgIpc) is 2.61. The summed E-state index contributed by atoms with van der Waals surface area (Å²) in [5, 5.41) is 13.9. The van der Waals surface area contributed by atoms with Gasteiger partial charge in [-0.15, -0.1) is 5.53 Å². The monoisotopic (exact) mass is 230 g/mol. The third-order valence-corrected chi connectivity index (χ3v) is 2.16. The fraction of sp³-hybridized carbons (Fsp3) is 0.143. The number of hydrogen-bond donors (Lipinski definition) is 3. The van der Waals surface area contributed by atoms with Crippen molar-refractivity contribution in [2.24, 2.45) is 0 Å². The minimum Gasteiger partial charge on any atom is -0.477 e. The van der Waals surface area contributed by atoms with Crippen LogP contribution in [0.3, 0.4) is 0 Å². The standard InChI is InChI=1S/C7H7FN4O2S/c8-3-11-2-5-9-4(7(13)14)1-6(15)12(5)10-11/h1-2,9-10H,3H2,(H,13,14). The maximum atomic E-state index is 12.3. The summed E-state index contributed by atoms with van der Waals surface area (Å²) in [5.41, 5.74) is 2.57. The molecule has 0 fully saturated rings. The summed E-state index contributed by atoms with van der Waals surface area (Å²) in [7, 11) is 0. The van der Waals surface area contributed by atoms with Crippen molar-refractivity contribution >= 4 is 23.2 Å². The third kappa shape index (κ3) is 1.64. The number of hydrazine groups is 2. The highest BCUT2D eigenvalue weighted by molar-refractivity contribution is 7.80. The van der Waals surface area contributed by atoms with Crippen LogP contribution in [0.5, 0.6) is 0 Å². The van der Waals surface area contributed by atoms with E-state index in [1.807, 2.05) is 0 Å². The van der Waals surface area contributed by atoms with E-state index < -0.39 is 12.8 Å². The van der Waals surface area contributed by atoms with Crippen LogP contribution in [0.4, 0.5) is 4.39 Å². The molecule has 0 aliphatic carbocycles. The summed E-state index contributed by atoms with van der Waals surface area (Å²) in [4.78, 5) is 11.0. The number of nitrogens with zero attached hydrogens (tertiary/aromatic N) is 2. The van der Waals surface area contributed by atoms with Gasteiger partial charge in [0.15, 0.2) is 6.80 Å². The normalized spacial score (nSPS) is 19.4. The molecule has 2 aliphatic rings. The fourth-order valence-corrected chi connectivity index (χ4v) is 1.47. The largest absolute Gasteiger partial charge is 0.477 e. The maximum absolute atomic E-state index is 12.3. The molecule has 0 radical (unpaired) electrons. The van der Waals surface area contributed by atoms with Crippen LogP contribution in [0.15, 0.2) is 23.8 Å². The van der Waals surface area contributed by atoms with Crippen LogP contribution < -0.4 is 10.9 Å². The topological polar surface area (TPSA) is 67.8 Å². The molecule has 2 heterocycles. The Kier molecular flexibility index (Phi) is 2.29. The lowest BCUT2D eigenvalue weighted by molar-refractivity contribution is -0.133. The number of aliphatic carboxylic acids is 1. The van der Waals surface area contributed by atoms with E-state index in [4.69, 9.17) is 17.3 Å². The number of fused-ring (bicyclic) bond motifs is 1. The Bertz CT molecular complexity index is 394. The van der Waals surface area contributed by atoms with Crippen LogP contribution in [0.2, 0.25) is 0 Å². The van der Waals surface area contributed by atoms with Gasteiger partial charge in [0.05, 0.1) is 6.20 Å². The zero-order valence-corrected chi connectivity index (χ0v) is 8.21. The van der Waals surface area contributed by atoms with Crippen molar-refractivity contribution in [2.45, 2.75) is 0 Å². The van der Waals surface area contributed by atoms with Crippen molar-refractivity contribution in [1.82, 2.24) is 20.9 Å². The van der Waals surface area contributed by atoms with Crippen LogP contribution >= 0.6 is 12.2 Å². The first-order valence-corrected chi connectivity index (χ1v) is 4.39. The average molecular weight is 230 g/mol. The second-order valence-electron chi connectivity index (χ2n) is 2.87. The highest BCUT2D eigenvalue weighted by atomic mass is 32.1. The van der Waals surface area contributed by atoms with Crippen molar-refractivity contribution in [2.75, 3.05) is 6.80 Å². The third-order valence-electron chi connectivity index (χ3n) is 1.86. The SMILES string of the molecule is O=C(O)C1=CC(=S)N2NN(CF)C=C2N1. The smallest absolute Gasteiger partial charge is 0.352 e. The highest BCUT2D eigenvalue weighted by Gasteiger charge is 2.29. The number of rotatable bonds is 2. The van der Waals surface area contributed by atoms with E-state index in [1.54, 1.807) is 0 Å². The van der Waals surface area contributed by atoms with Gasteiger partial charge in [-0.05, 0) is 0 Å². The van der Waals surface area contributed by atoms with Crippen molar-refractivity contribution in [1.29, 1.82) is 0 Å². The summed E-state index contributed by atoms with van der Waals surface area (Å²) in [6.45, 7) is -0.743. The molecule has 3 N–H and O–H groups in total.